The normalized spacial score (nSPS) is 20.7. The molecule has 0 saturated carbocycles. The molecule has 2 aromatic rings. The number of rotatable bonds is 5. The second-order valence-corrected chi connectivity index (χ2v) is 8.44. The number of amides is 1. The Morgan fingerprint density at radius 3 is 2.32 bits per heavy atom. The van der Waals surface area contributed by atoms with Crippen molar-refractivity contribution in [2.45, 2.75) is 37.2 Å². The number of carbonyl (C=O) groups excluding carboxylic acids is 1. The molecule has 1 saturated heterocycles. The van der Waals surface area contributed by atoms with Gasteiger partial charge in [-0.2, -0.15) is 4.31 Å². The first-order valence-electron chi connectivity index (χ1n) is 8.26. The van der Waals surface area contributed by atoms with E-state index in [9.17, 15) is 13.2 Å². The molecule has 0 spiro atoms. The van der Waals surface area contributed by atoms with Gasteiger partial charge < -0.3 is 5.32 Å². The lowest BCUT2D eigenvalue weighted by atomic mass is 9.89. The summed E-state index contributed by atoms with van der Waals surface area (Å²) in [6, 6.07) is 16.1. The Hall–Kier alpha value is -2.18. The van der Waals surface area contributed by atoms with Gasteiger partial charge in [-0.1, -0.05) is 48.0 Å². The van der Waals surface area contributed by atoms with Gasteiger partial charge in [0, 0.05) is 13.1 Å². The molecule has 1 unspecified atom stereocenters. The van der Waals surface area contributed by atoms with Crippen LogP contribution in [0, 0.1) is 6.92 Å². The molecule has 25 heavy (non-hydrogen) atoms. The maximum atomic E-state index is 12.8. The summed E-state index contributed by atoms with van der Waals surface area (Å²) in [5.41, 5.74) is 1.10. The first-order valence-corrected chi connectivity index (χ1v) is 9.70. The van der Waals surface area contributed by atoms with E-state index >= 15 is 0 Å². The predicted octanol–water partition coefficient (Wildman–Crippen LogP) is 2.46. The van der Waals surface area contributed by atoms with E-state index < -0.39 is 15.6 Å². The maximum Gasteiger partial charge on any atom is 0.244 e. The minimum atomic E-state index is -3.67. The zero-order valence-corrected chi connectivity index (χ0v) is 15.2. The molecule has 2 aromatic carbocycles. The molecule has 0 aliphatic carbocycles. The van der Waals surface area contributed by atoms with Crippen molar-refractivity contribution < 1.29 is 13.2 Å². The Bertz CT molecular complexity index is 863. The monoisotopic (exact) mass is 358 g/mol. The fourth-order valence-corrected chi connectivity index (χ4v) is 4.74. The van der Waals surface area contributed by atoms with Gasteiger partial charge in [-0.25, -0.2) is 8.42 Å². The summed E-state index contributed by atoms with van der Waals surface area (Å²) in [5.74, 6) is -0.265. The van der Waals surface area contributed by atoms with Crippen molar-refractivity contribution in [2.24, 2.45) is 0 Å². The number of nitrogens with one attached hydrogen (secondary N) is 1. The van der Waals surface area contributed by atoms with E-state index in [1.807, 2.05) is 31.2 Å². The fraction of sp³-hybridized carbons (Fsp3) is 0.316. The standard InChI is InChI=1S/C19H22N2O3S/c1-15-8-10-16(11-9-15)14-20-18(22)19(2)12-13-21(19)25(23,24)17-6-4-3-5-7-17/h3-11H,12-14H2,1-2H3,(H,20,22). The van der Waals surface area contributed by atoms with Crippen LogP contribution in [-0.4, -0.2) is 30.7 Å². The molecule has 6 heteroatoms. The Kier molecular flexibility index (Phi) is 4.67. The smallest absolute Gasteiger partial charge is 0.244 e. The van der Waals surface area contributed by atoms with Crippen LogP contribution in [0.4, 0.5) is 0 Å². The Morgan fingerprint density at radius 1 is 1.12 bits per heavy atom. The molecule has 0 bridgehead atoms. The minimum Gasteiger partial charge on any atom is -0.350 e. The molecule has 1 heterocycles. The summed E-state index contributed by atoms with van der Waals surface area (Å²) in [4.78, 5) is 12.9. The SMILES string of the molecule is Cc1ccc(CNC(=O)C2(C)CCN2S(=O)(=O)c2ccccc2)cc1. The third-order valence-corrected chi connectivity index (χ3v) is 6.78. The van der Waals surface area contributed by atoms with Gasteiger partial charge >= 0.3 is 0 Å². The molecule has 1 amide bonds. The van der Waals surface area contributed by atoms with Crippen LogP contribution in [0.1, 0.15) is 24.5 Å². The van der Waals surface area contributed by atoms with E-state index in [2.05, 4.69) is 5.32 Å². The van der Waals surface area contributed by atoms with Crippen LogP contribution in [0.5, 0.6) is 0 Å². The van der Waals surface area contributed by atoms with E-state index in [-0.39, 0.29) is 10.8 Å². The first-order chi connectivity index (χ1) is 11.8. The number of nitrogens with zero attached hydrogens (tertiary/aromatic N) is 1. The van der Waals surface area contributed by atoms with Crippen LogP contribution in [0.3, 0.4) is 0 Å². The van der Waals surface area contributed by atoms with Gasteiger partial charge in [0.15, 0.2) is 0 Å². The molecule has 0 aromatic heterocycles. The van der Waals surface area contributed by atoms with Crippen molar-refractivity contribution in [2.75, 3.05) is 6.54 Å². The number of aryl methyl sites for hydroxylation is 1. The number of sulfonamides is 1. The fourth-order valence-electron chi connectivity index (χ4n) is 2.95. The third kappa shape index (κ3) is 3.32. The number of hydrogen-bond acceptors (Lipinski definition) is 3. The van der Waals surface area contributed by atoms with Crippen molar-refractivity contribution in [1.29, 1.82) is 0 Å². The van der Waals surface area contributed by atoms with Crippen molar-refractivity contribution in [3.63, 3.8) is 0 Å². The van der Waals surface area contributed by atoms with Gasteiger partial charge in [-0.15, -0.1) is 0 Å². The van der Waals surface area contributed by atoms with Crippen molar-refractivity contribution in [1.82, 2.24) is 9.62 Å². The lowest BCUT2D eigenvalue weighted by Crippen LogP contribution is -2.67. The Balaban J connectivity index is 1.72. The van der Waals surface area contributed by atoms with Crippen LogP contribution in [-0.2, 0) is 21.4 Å². The van der Waals surface area contributed by atoms with Gasteiger partial charge in [-0.3, -0.25) is 4.79 Å². The quantitative estimate of drug-likeness (QED) is 0.893. The van der Waals surface area contributed by atoms with Crippen LogP contribution < -0.4 is 5.32 Å². The number of benzene rings is 2. The predicted molar refractivity (Wildman–Crippen MR) is 96.4 cm³/mol. The highest BCUT2D eigenvalue weighted by atomic mass is 32.2. The second-order valence-electron chi connectivity index (χ2n) is 6.58. The van der Waals surface area contributed by atoms with E-state index in [1.165, 1.54) is 4.31 Å². The Morgan fingerprint density at radius 2 is 1.76 bits per heavy atom. The molecule has 1 aliphatic rings. The van der Waals surface area contributed by atoms with Crippen LogP contribution in [0.25, 0.3) is 0 Å². The third-order valence-electron chi connectivity index (χ3n) is 4.75. The lowest BCUT2D eigenvalue weighted by Gasteiger charge is -2.47. The molecule has 3 rings (SSSR count). The van der Waals surface area contributed by atoms with E-state index in [1.54, 1.807) is 37.3 Å². The Labute approximate surface area is 148 Å². The molecule has 1 N–H and O–H groups in total. The summed E-state index contributed by atoms with van der Waals surface area (Å²) >= 11 is 0. The van der Waals surface area contributed by atoms with Crippen LogP contribution in [0.2, 0.25) is 0 Å². The van der Waals surface area contributed by atoms with Gasteiger partial charge in [0.05, 0.1) is 4.90 Å². The van der Waals surface area contributed by atoms with Crippen LogP contribution in [0.15, 0.2) is 59.5 Å². The molecule has 0 radical (unpaired) electrons. The lowest BCUT2D eigenvalue weighted by molar-refractivity contribution is -0.135. The molecule has 132 valence electrons. The summed E-state index contributed by atoms with van der Waals surface area (Å²) in [6.45, 7) is 4.42. The highest BCUT2D eigenvalue weighted by Crippen LogP contribution is 2.36. The number of hydrogen-bond donors (Lipinski definition) is 1. The van der Waals surface area contributed by atoms with Crippen LogP contribution >= 0.6 is 0 Å². The molecule has 5 nitrogen and oxygen atoms in total. The average molecular weight is 358 g/mol. The summed E-state index contributed by atoms with van der Waals surface area (Å²) in [5, 5.41) is 2.87. The maximum absolute atomic E-state index is 12.8. The van der Waals surface area contributed by atoms with E-state index in [0.717, 1.165) is 11.1 Å². The van der Waals surface area contributed by atoms with Gasteiger partial charge in [-0.05, 0) is 38.0 Å². The van der Waals surface area contributed by atoms with Crippen molar-refractivity contribution in [3.05, 3.63) is 65.7 Å². The molecule has 1 atom stereocenters. The zero-order chi connectivity index (χ0) is 18.1. The highest BCUT2D eigenvalue weighted by Gasteiger charge is 2.53. The average Bonchev–Trinajstić information content (AvgIpc) is 2.59. The highest BCUT2D eigenvalue weighted by molar-refractivity contribution is 7.89. The summed E-state index contributed by atoms with van der Waals surface area (Å²) in [7, 11) is -3.67. The summed E-state index contributed by atoms with van der Waals surface area (Å²) < 4.78 is 26.9. The summed E-state index contributed by atoms with van der Waals surface area (Å²) in [6.07, 6.45) is 0.513. The molecule has 1 aliphatic heterocycles. The van der Waals surface area contributed by atoms with Crippen molar-refractivity contribution in [3.8, 4) is 0 Å². The van der Waals surface area contributed by atoms with E-state index in [0.29, 0.717) is 19.5 Å². The topological polar surface area (TPSA) is 66.5 Å². The minimum absolute atomic E-state index is 0.215. The van der Waals surface area contributed by atoms with Crippen molar-refractivity contribution >= 4 is 15.9 Å². The molecular formula is C19H22N2O3S. The second kappa shape index (κ2) is 6.61. The molecular weight excluding hydrogens is 336 g/mol. The first kappa shape index (κ1) is 17.6. The van der Waals surface area contributed by atoms with Gasteiger partial charge in [0.25, 0.3) is 0 Å². The largest absolute Gasteiger partial charge is 0.350 e. The zero-order valence-electron chi connectivity index (χ0n) is 14.4. The number of carbonyl (C=O) groups is 1. The van der Waals surface area contributed by atoms with E-state index in [4.69, 9.17) is 0 Å². The molecule has 1 fully saturated rings. The van der Waals surface area contributed by atoms with Gasteiger partial charge in [0.1, 0.15) is 5.54 Å². The van der Waals surface area contributed by atoms with Gasteiger partial charge in [0.2, 0.25) is 15.9 Å².